The summed E-state index contributed by atoms with van der Waals surface area (Å²) in [5, 5.41) is 14.3. The van der Waals surface area contributed by atoms with Gasteiger partial charge in [0.15, 0.2) is 0 Å². The summed E-state index contributed by atoms with van der Waals surface area (Å²) in [7, 11) is 0. The van der Waals surface area contributed by atoms with E-state index in [1.165, 1.54) is 12.5 Å². The zero-order valence-electron chi connectivity index (χ0n) is 9.88. The minimum Gasteiger partial charge on any atom is -0.384 e. The molecule has 2 unspecified atom stereocenters. The van der Waals surface area contributed by atoms with Crippen molar-refractivity contribution in [3.8, 4) is 0 Å². The lowest BCUT2D eigenvalue weighted by atomic mass is 9.83. The number of halogens is 1. The van der Waals surface area contributed by atoms with Gasteiger partial charge in [0.2, 0.25) is 0 Å². The molecule has 1 fully saturated rings. The van der Waals surface area contributed by atoms with Gasteiger partial charge in [-0.1, -0.05) is 18.6 Å². The molecule has 17 heavy (non-hydrogen) atoms. The molecule has 1 aromatic rings. The van der Waals surface area contributed by atoms with Crippen LogP contribution in [0.2, 0.25) is 0 Å². The predicted molar refractivity (Wildman–Crippen MR) is 64.3 cm³/mol. The number of aliphatic hydroxyl groups is 1. The molecule has 1 saturated heterocycles. The third-order valence-corrected chi connectivity index (χ3v) is 4.23. The number of nitrogens with one attached hydrogen (secondary N) is 1. The van der Waals surface area contributed by atoms with E-state index in [4.69, 9.17) is 0 Å². The smallest absolute Gasteiger partial charge is 0.126 e. The SMILES string of the molecule is OC1(C2CCCCN2)CCc2c(F)cccc21. The zero-order chi connectivity index (χ0) is 11.9. The average molecular weight is 235 g/mol. The highest BCUT2D eigenvalue weighted by molar-refractivity contribution is 5.39. The summed E-state index contributed by atoms with van der Waals surface area (Å²) in [5.74, 6) is -0.172. The lowest BCUT2D eigenvalue weighted by molar-refractivity contribution is -0.0105. The highest BCUT2D eigenvalue weighted by Crippen LogP contribution is 2.42. The van der Waals surface area contributed by atoms with Crippen molar-refractivity contribution in [2.45, 2.75) is 43.7 Å². The van der Waals surface area contributed by atoms with E-state index in [1.54, 1.807) is 6.07 Å². The third-order valence-electron chi connectivity index (χ3n) is 4.23. The Morgan fingerprint density at radius 1 is 1.35 bits per heavy atom. The van der Waals surface area contributed by atoms with Crippen LogP contribution in [0.5, 0.6) is 0 Å². The Kier molecular flexibility index (Phi) is 2.68. The van der Waals surface area contributed by atoms with Crippen LogP contribution in [-0.2, 0) is 12.0 Å². The van der Waals surface area contributed by atoms with Gasteiger partial charge in [-0.15, -0.1) is 0 Å². The molecule has 92 valence electrons. The second-order valence-corrected chi connectivity index (χ2v) is 5.19. The van der Waals surface area contributed by atoms with Crippen LogP contribution in [0, 0.1) is 5.82 Å². The lowest BCUT2D eigenvalue weighted by Gasteiger charge is -2.37. The molecule has 0 amide bonds. The summed E-state index contributed by atoms with van der Waals surface area (Å²) in [6.45, 7) is 0.956. The van der Waals surface area contributed by atoms with E-state index < -0.39 is 5.60 Å². The average Bonchev–Trinajstić information content (AvgIpc) is 2.72. The molecule has 1 heterocycles. The Morgan fingerprint density at radius 3 is 3.00 bits per heavy atom. The molecule has 0 spiro atoms. The zero-order valence-corrected chi connectivity index (χ0v) is 9.88. The number of benzene rings is 1. The van der Waals surface area contributed by atoms with Crippen LogP contribution in [0.4, 0.5) is 4.39 Å². The molecular formula is C14H18FNO. The number of hydrogen-bond acceptors (Lipinski definition) is 2. The molecule has 3 rings (SSSR count). The second kappa shape index (κ2) is 4.07. The van der Waals surface area contributed by atoms with Gasteiger partial charge < -0.3 is 10.4 Å². The van der Waals surface area contributed by atoms with E-state index in [0.717, 1.165) is 24.9 Å². The number of piperidine rings is 1. The van der Waals surface area contributed by atoms with Crippen LogP contribution in [0.3, 0.4) is 0 Å². The van der Waals surface area contributed by atoms with E-state index >= 15 is 0 Å². The van der Waals surface area contributed by atoms with Gasteiger partial charge in [-0.2, -0.15) is 0 Å². The first-order valence-corrected chi connectivity index (χ1v) is 6.45. The fourth-order valence-corrected chi connectivity index (χ4v) is 3.29. The Morgan fingerprint density at radius 2 is 2.24 bits per heavy atom. The molecule has 0 radical (unpaired) electrons. The fourth-order valence-electron chi connectivity index (χ4n) is 3.29. The van der Waals surface area contributed by atoms with Crippen molar-refractivity contribution < 1.29 is 9.50 Å². The molecule has 2 nitrogen and oxygen atoms in total. The molecule has 3 heteroatoms. The molecule has 2 aliphatic rings. The molecule has 0 aromatic heterocycles. The quantitative estimate of drug-likeness (QED) is 0.781. The van der Waals surface area contributed by atoms with E-state index in [1.807, 2.05) is 6.07 Å². The van der Waals surface area contributed by atoms with E-state index in [-0.39, 0.29) is 11.9 Å². The summed E-state index contributed by atoms with van der Waals surface area (Å²) in [6.07, 6.45) is 4.58. The van der Waals surface area contributed by atoms with Crippen molar-refractivity contribution in [2.24, 2.45) is 0 Å². The summed E-state index contributed by atoms with van der Waals surface area (Å²) >= 11 is 0. The molecular weight excluding hydrogens is 217 g/mol. The number of rotatable bonds is 1. The maximum atomic E-state index is 13.7. The molecule has 2 atom stereocenters. The van der Waals surface area contributed by atoms with Crippen LogP contribution in [0.25, 0.3) is 0 Å². The Bertz CT molecular complexity index is 428. The van der Waals surface area contributed by atoms with Gasteiger partial charge in [-0.3, -0.25) is 0 Å². The molecule has 2 N–H and O–H groups in total. The number of fused-ring (bicyclic) bond motifs is 1. The van der Waals surface area contributed by atoms with Crippen molar-refractivity contribution in [2.75, 3.05) is 6.54 Å². The predicted octanol–water partition coefficient (Wildman–Crippen LogP) is 2.10. The number of hydrogen-bond donors (Lipinski definition) is 2. The first-order valence-electron chi connectivity index (χ1n) is 6.45. The highest BCUT2D eigenvalue weighted by Gasteiger charge is 2.44. The Hall–Kier alpha value is -0.930. The Balaban J connectivity index is 1.98. The lowest BCUT2D eigenvalue weighted by Crippen LogP contribution is -2.49. The first kappa shape index (κ1) is 11.2. The largest absolute Gasteiger partial charge is 0.384 e. The molecule has 0 bridgehead atoms. The molecule has 0 saturated carbocycles. The van der Waals surface area contributed by atoms with Crippen molar-refractivity contribution in [3.05, 3.63) is 35.1 Å². The molecule has 1 aromatic carbocycles. The molecule has 1 aliphatic carbocycles. The minimum absolute atomic E-state index is 0.0827. The second-order valence-electron chi connectivity index (χ2n) is 5.19. The maximum Gasteiger partial charge on any atom is 0.126 e. The van der Waals surface area contributed by atoms with Gasteiger partial charge in [0.05, 0.1) is 0 Å². The van der Waals surface area contributed by atoms with Crippen molar-refractivity contribution in [1.29, 1.82) is 0 Å². The van der Waals surface area contributed by atoms with E-state index in [0.29, 0.717) is 18.4 Å². The standard InChI is InChI=1S/C14H18FNO/c15-12-5-3-4-11-10(12)7-8-14(11,17)13-6-1-2-9-16-13/h3-5,13,16-17H,1-2,6-9H2. The third kappa shape index (κ3) is 1.69. The van der Waals surface area contributed by atoms with Crippen LogP contribution in [0.15, 0.2) is 18.2 Å². The molecule has 1 aliphatic heterocycles. The van der Waals surface area contributed by atoms with E-state index in [9.17, 15) is 9.50 Å². The van der Waals surface area contributed by atoms with Gasteiger partial charge in [0.25, 0.3) is 0 Å². The van der Waals surface area contributed by atoms with Crippen LogP contribution in [-0.4, -0.2) is 17.7 Å². The normalized spacial score (nSPS) is 32.5. The topological polar surface area (TPSA) is 32.3 Å². The first-order chi connectivity index (χ1) is 8.22. The van der Waals surface area contributed by atoms with Gasteiger partial charge in [0, 0.05) is 6.04 Å². The van der Waals surface area contributed by atoms with Gasteiger partial charge in [-0.05, 0) is 49.4 Å². The summed E-state index contributed by atoms with van der Waals surface area (Å²) < 4.78 is 13.7. The van der Waals surface area contributed by atoms with Gasteiger partial charge in [0.1, 0.15) is 11.4 Å². The van der Waals surface area contributed by atoms with Gasteiger partial charge >= 0.3 is 0 Å². The van der Waals surface area contributed by atoms with Crippen LogP contribution >= 0.6 is 0 Å². The van der Waals surface area contributed by atoms with Crippen LogP contribution in [0.1, 0.15) is 36.8 Å². The van der Waals surface area contributed by atoms with Crippen molar-refractivity contribution >= 4 is 0 Å². The minimum atomic E-state index is -0.863. The van der Waals surface area contributed by atoms with Crippen molar-refractivity contribution in [3.63, 3.8) is 0 Å². The summed E-state index contributed by atoms with van der Waals surface area (Å²) in [4.78, 5) is 0. The highest BCUT2D eigenvalue weighted by atomic mass is 19.1. The fraction of sp³-hybridized carbons (Fsp3) is 0.571. The summed E-state index contributed by atoms with van der Waals surface area (Å²) in [6, 6.07) is 5.15. The summed E-state index contributed by atoms with van der Waals surface area (Å²) in [5.41, 5.74) is 0.650. The maximum absolute atomic E-state index is 13.7. The van der Waals surface area contributed by atoms with Crippen LogP contribution < -0.4 is 5.32 Å². The monoisotopic (exact) mass is 235 g/mol. The Labute approximate surface area is 101 Å². The van der Waals surface area contributed by atoms with Crippen molar-refractivity contribution in [1.82, 2.24) is 5.32 Å². The van der Waals surface area contributed by atoms with Gasteiger partial charge in [-0.25, -0.2) is 4.39 Å². The van der Waals surface area contributed by atoms with E-state index in [2.05, 4.69) is 5.32 Å².